The van der Waals surface area contributed by atoms with Crippen molar-refractivity contribution in [2.24, 2.45) is 5.10 Å². The Morgan fingerprint density at radius 1 is 1.48 bits per heavy atom. The fourth-order valence-corrected chi connectivity index (χ4v) is 2.32. The van der Waals surface area contributed by atoms with Gasteiger partial charge in [0, 0.05) is 10.0 Å². The average molecular weight is 407 g/mol. The van der Waals surface area contributed by atoms with Crippen molar-refractivity contribution < 1.29 is 14.5 Å². The first-order chi connectivity index (χ1) is 12.0. The first kappa shape index (κ1) is 16.6. The zero-order valence-electron chi connectivity index (χ0n) is 12.7. The number of hydrazone groups is 1. The lowest BCUT2D eigenvalue weighted by Crippen LogP contribution is -2.22. The number of phenolic OH excluding ortho intramolecular Hbond substituents is 1. The Labute approximate surface area is 148 Å². The molecule has 0 atom stereocenters. The van der Waals surface area contributed by atoms with E-state index in [9.17, 15) is 9.90 Å². The van der Waals surface area contributed by atoms with E-state index in [0.29, 0.717) is 11.3 Å². The highest BCUT2D eigenvalue weighted by Gasteiger charge is 2.22. The Balaban J connectivity index is 1.83. The van der Waals surface area contributed by atoms with Crippen molar-refractivity contribution in [3.8, 4) is 11.6 Å². The third-order valence-corrected chi connectivity index (χ3v) is 3.60. The number of phenols is 1. The molecule has 0 aliphatic rings. The molecule has 0 fully saturated rings. The third-order valence-electron chi connectivity index (χ3n) is 3.11. The van der Waals surface area contributed by atoms with Gasteiger partial charge in [0.1, 0.15) is 5.75 Å². The molecule has 2 aromatic heterocycles. The molecule has 1 aromatic carbocycles. The summed E-state index contributed by atoms with van der Waals surface area (Å²) in [4.78, 5) is 12.4. The number of hydrogen-bond acceptors (Lipinski definition) is 9. The number of nitrogens with zero attached hydrogens (tertiary/aromatic N) is 6. The van der Waals surface area contributed by atoms with Crippen LogP contribution in [0, 0.1) is 6.92 Å². The first-order valence-electron chi connectivity index (χ1n) is 6.80. The second kappa shape index (κ2) is 6.68. The second-order valence-corrected chi connectivity index (χ2v) is 5.73. The van der Waals surface area contributed by atoms with E-state index in [0.717, 1.165) is 9.15 Å². The van der Waals surface area contributed by atoms with Crippen molar-refractivity contribution in [1.29, 1.82) is 0 Å². The molecule has 3 rings (SSSR count). The van der Waals surface area contributed by atoms with Crippen LogP contribution in [0.2, 0.25) is 0 Å². The molecule has 0 saturated carbocycles. The minimum absolute atomic E-state index is 0.0190. The van der Waals surface area contributed by atoms with Crippen molar-refractivity contribution in [1.82, 2.24) is 30.7 Å². The highest BCUT2D eigenvalue weighted by atomic mass is 79.9. The number of hydrogen-bond donors (Lipinski definition) is 3. The number of amides is 1. The van der Waals surface area contributed by atoms with Gasteiger partial charge in [-0.3, -0.25) is 4.79 Å². The number of nitrogens with one attached hydrogen (secondary N) is 1. The van der Waals surface area contributed by atoms with E-state index in [1.807, 2.05) is 0 Å². The van der Waals surface area contributed by atoms with E-state index in [2.05, 4.69) is 51.7 Å². The number of nitrogen functional groups attached to an aromatic ring is 1. The molecular weight excluding hydrogens is 396 g/mol. The normalized spacial score (nSPS) is 11.1. The van der Waals surface area contributed by atoms with Crippen LogP contribution in [0.1, 0.15) is 21.7 Å². The van der Waals surface area contributed by atoms with Crippen LogP contribution in [-0.2, 0) is 0 Å². The smallest absolute Gasteiger partial charge is 0.292 e. The van der Waals surface area contributed by atoms with Gasteiger partial charge in [-0.2, -0.15) is 9.78 Å². The summed E-state index contributed by atoms with van der Waals surface area (Å²) in [6, 6.07) is 4.82. The second-order valence-electron chi connectivity index (χ2n) is 4.81. The Morgan fingerprint density at radius 3 is 3.00 bits per heavy atom. The van der Waals surface area contributed by atoms with Crippen LogP contribution < -0.4 is 11.2 Å². The van der Waals surface area contributed by atoms with E-state index < -0.39 is 5.91 Å². The lowest BCUT2D eigenvalue weighted by atomic mass is 10.2. The minimum Gasteiger partial charge on any atom is -0.507 e. The molecule has 25 heavy (non-hydrogen) atoms. The van der Waals surface area contributed by atoms with Gasteiger partial charge in [-0.15, -0.1) is 5.10 Å². The summed E-state index contributed by atoms with van der Waals surface area (Å²) >= 11 is 3.28. The molecule has 0 radical (unpaired) electrons. The Hall–Kier alpha value is -3.28. The average Bonchev–Trinajstić information content (AvgIpc) is 3.16. The first-order valence-corrected chi connectivity index (χ1v) is 7.59. The van der Waals surface area contributed by atoms with Crippen molar-refractivity contribution in [2.45, 2.75) is 6.92 Å². The molecule has 2 heterocycles. The number of anilines is 1. The maximum absolute atomic E-state index is 12.4. The number of nitrogens with two attached hydrogens (primary N) is 1. The summed E-state index contributed by atoms with van der Waals surface area (Å²) in [5.41, 5.74) is 8.76. The summed E-state index contributed by atoms with van der Waals surface area (Å²) < 4.78 is 6.35. The van der Waals surface area contributed by atoms with Gasteiger partial charge in [0.15, 0.2) is 5.69 Å². The number of rotatable bonds is 4. The maximum Gasteiger partial charge on any atom is 0.292 e. The fraction of sp³-hybridized carbons (Fsp3) is 0.0769. The van der Waals surface area contributed by atoms with Crippen LogP contribution in [0.4, 0.5) is 5.82 Å². The maximum atomic E-state index is 12.4. The molecule has 0 aliphatic heterocycles. The molecule has 12 heteroatoms. The van der Waals surface area contributed by atoms with Crippen LogP contribution in [0.3, 0.4) is 0 Å². The van der Waals surface area contributed by atoms with Gasteiger partial charge >= 0.3 is 0 Å². The SMILES string of the molecule is Cc1nnn(-c2nonc2N)c1C(=O)NN=Cc1cc(Br)ccc1O. The number of aromatic nitrogens is 5. The Bertz CT molecular complexity index is 964. The summed E-state index contributed by atoms with van der Waals surface area (Å²) in [5, 5.41) is 28.2. The van der Waals surface area contributed by atoms with E-state index in [1.54, 1.807) is 19.1 Å². The van der Waals surface area contributed by atoms with Crippen molar-refractivity contribution in [2.75, 3.05) is 5.73 Å². The van der Waals surface area contributed by atoms with Gasteiger partial charge in [-0.1, -0.05) is 21.1 Å². The molecule has 0 saturated heterocycles. The van der Waals surface area contributed by atoms with Gasteiger partial charge in [0.25, 0.3) is 5.91 Å². The standard InChI is InChI=1S/C13H11BrN8O3/c1-6-10(22(21-17-6)12-11(15)19-25-20-12)13(24)18-16-5-7-4-8(14)2-3-9(7)23/h2-5,23H,1H3,(H2,15,19)(H,18,24). The van der Waals surface area contributed by atoms with Crippen LogP contribution >= 0.6 is 15.9 Å². The van der Waals surface area contributed by atoms with Crippen LogP contribution in [0.15, 0.2) is 32.4 Å². The zero-order chi connectivity index (χ0) is 18.0. The van der Waals surface area contributed by atoms with Gasteiger partial charge in [0.05, 0.1) is 11.9 Å². The lowest BCUT2D eigenvalue weighted by molar-refractivity contribution is 0.0946. The highest BCUT2D eigenvalue weighted by Crippen LogP contribution is 2.20. The van der Waals surface area contributed by atoms with Crippen LogP contribution in [0.5, 0.6) is 5.75 Å². The van der Waals surface area contributed by atoms with Crippen molar-refractivity contribution in [3.63, 3.8) is 0 Å². The van der Waals surface area contributed by atoms with Gasteiger partial charge in [0.2, 0.25) is 11.6 Å². The quantitative estimate of drug-likeness (QED) is 0.423. The number of halogens is 1. The zero-order valence-corrected chi connectivity index (χ0v) is 14.3. The summed E-state index contributed by atoms with van der Waals surface area (Å²) in [5.74, 6) is -0.581. The molecule has 3 aromatic rings. The molecule has 0 aliphatic carbocycles. The molecule has 1 amide bonds. The molecule has 0 bridgehead atoms. The Kier molecular flexibility index (Phi) is 4.43. The number of carbonyl (C=O) groups is 1. The number of aryl methyl sites for hydroxylation is 1. The minimum atomic E-state index is -0.601. The third kappa shape index (κ3) is 3.33. The molecule has 128 valence electrons. The summed E-state index contributed by atoms with van der Waals surface area (Å²) in [7, 11) is 0. The van der Waals surface area contributed by atoms with E-state index in [4.69, 9.17) is 5.73 Å². The summed E-state index contributed by atoms with van der Waals surface area (Å²) in [6.45, 7) is 1.59. The molecular formula is C13H11BrN8O3. The highest BCUT2D eigenvalue weighted by molar-refractivity contribution is 9.10. The molecule has 0 unspecified atom stereocenters. The molecule has 0 spiro atoms. The fourth-order valence-electron chi connectivity index (χ4n) is 1.95. The van der Waals surface area contributed by atoms with Gasteiger partial charge in [-0.25, -0.2) is 10.1 Å². The predicted octanol–water partition coefficient (Wildman–Crippen LogP) is 0.773. The van der Waals surface area contributed by atoms with Crippen molar-refractivity contribution in [3.05, 3.63) is 39.6 Å². The van der Waals surface area contributed by atoms with Crippen molar-refractivity contribution >= 4 is 33.9 Å². The Morgan fingerprint density at radius 2 is 2.28 bits per heavy atom. The number of aromatic hydroxyl groups is 1. The monoisotopic (exact) mass is 406 g/mol. The molecule has 11 nitrogen and oxygen atoms in total. The van der Waals surface area contributed by atoms with Crippen LogP contribution in [0.25, 0.3) is 5.82 Å². The number of benzene rings is 1. The van der Waals surface area contributed by atoms with Crippen LogP contribution in [-0.4, -0.2) is 42.5 Å². The van der Waals surface area contributed by atoms with Gasteiger partial charge < -0.3 is 10.8 Å². The summed E-state index contributed by atoms with van der Waals surface area (Å²) in [6.07, 6.45) is 1.30. The predicted molar refractivity (Wildman–Crippen MR) is 89.2 cm³/mol. The lowest BCUT2D eigenvalue weighted by Gasteiger charge is -2.03. The largest absolute Gasteiger partial charge is 0.507 e. The van der Waals surface area contributed by atoms with E-state index in [-0.39, 0.29) is 23.1 Å². The van der Waals surface area contributed by atoms with Gasteiger partial charge in [-0.05, 0) is 35.4 Å². The molecule has 4 N–H and O–H groups in total. The topological polar surface area (TPSA) is 157 Å². The number of carbonyl (C=O) groups excluding carboxylic acids is 1. The van der Waals surface area contributed by atoms with E-state index >= 15 is 0 Å². The van der Waals surface area contributed by atoms with E-state index in [1.165, 1.54) is 12.3 Å².